The molecule has 4 rings (SSSR count). The summed E-state index contributed by atoms with van der Waals surface area (Å²) in [5.41, 5.74) is -0.409. The van der Waals surface area contributed by atoms with Gasteiger partial charge in [-0.2, -0.15) is 5.10 Å². The number of hydrogen-bond donors (Lipinski definition) is 3. The Bertz CT molecular complexity index is 1330. The van der Waals surface area contributed by atoms with E-state index in [2.05, 4.69) is 15.5 Å². The summed E-state index contributed by atoms with van der Waals surface area (Å²) >= 11 is 0. The maximum Gasteiger partial charge on any atom is 0.340 e. The summed E-state index contributed by atoms with van der Waals surface area (Å²) < 4.78 is 71.8. The smallest absolute Gasteiger partial charge is 0.340 e. The number of hydrogen-bond acceptors (Lipinski definition) is 5. The zero-order valence-electron chi connectivity index (χ0n) is 19.0. The first-order valence-electron chi connectivity index (χ1n) is 11.1. The highest BCUT2D eigenvalue weighted by Crippen LogP contribution is 3.02. The Morgan fingerprint density at radius 2 is 1.92 bits per heavy atom. The first-order valence-corrected chi connectivity index (χ1v) is 13.0. The summed E-state index contributed by atoms with van der Waals surface area (Å²) in [7, 11) is -10.0. The van der Waals surface area contributed by atoms with Gasteiger partial charge in [0.25, 0.3) is 5.91 Å². The van der Waals surface area contributed by atoms with E-state index in [0.29, 0.717) is 23.4 Å². The highest BCUT2D eigenvalue weighted by Gasteiger charge is 2.65. The zero-order valence-corrected chi connectivity index (χ0v) is 19.8. The number of H-pyrrole nitrogens is 1. The summed E-state index contributed by atoms with van der Waals surface area (Å²) in [5, 5.41) is 18.8. The van der Waals surface area contributed by atoms with Crippen LogP contribution in [-0.4, -0.2) is 39.9 Å². The normalized spacial score (nSPS) is 22.5. The zero-order chi connectivity index (χ0) is 26.4. The number of carbonyl (C=O) groups is 2. The van der Waals surface area contributed by atoms with Crippen molar-refractivity contribution in [2.45, 2.75) is 37.2 Å². The lowest BCUT2D eigenvalue weighted by Crippen LogP contribution is -2.33. The molecule has 1 aromatic heterocycles. The molecule has 3 unspecified atom stereocenters. The molecule has 7 nitrogen and oxygen atoms in total. The number of aliphatic hydroxyl groups is 1. The van der Waals surface area contributed by atoms with Crippen molar-refractivity contribution in [1.29, 1.82) is 0 Å². The lowest BCUT2D eigenvalue weighted by atomic mass is 9.81. The minimum absolute atomic E-state index is 0.0187. The van der Waals surface area contributed by atoms with E-state index in [1.807, 2.05) is 6.92 Å². The number of amides is 1. The second-order valence-corrected chi connectivity index (χ2v) is 11.5. The monoisotopic (exact) mass is 533 g/mol. The highest BCUT2D eigenvalue weighted by molar-refractivity contribution is 8.45. The van der Waals surface area contributed by atoms with E-state index in [1.54, 1.807) is 0 Å². The van der Waals surface area contributed by atoms with E-state index >= 15 is 0 Å². The number of fused-ring (bicyclic) bond motifs is 1. The Hall–Kier alpha value is -3.19. The van der Waals surface area contributed by atoms with E-state index in [4.69, 9.17) is 4.74 Å². The number of rotatable bonds is 6. The Morgan fingerprint density at radius 1 is 1.17 bits per heavy atom. The molecule has 13 heteroatoms. The number of halogens is 5. The van der Waals surface area contributed by atoms with Gasteiger partial charge in [-0.25, -0.2) is 4.79 Å². The highest BCUT2D eigenvalue weighted by atomic mass is 32.5. The number of aliphatic hydroxyl groups excluding tert-OH is 1. The first-order chi connectivity index (χ1) is 16.6. The molecule has 3 N–H and O–H groups in total. The van der Waals surface area contributed by atoms with Gasteiger partial charge in [-0.1, -0.05) is 32.4 Å². The molecular weight excluding hydrogens is 509 g/mol. The molecule has 1 fully saturated rings. The van der Waals surface area contributed by atoms with Crippen molar-refractivity contribution >= 4 is 38.7 Å². The van der Waals surface area contributed by atoms with Gasteiger partial charge < -0.3 is 15.2 Å². The fourth-order valence-electron chi connectivity index (χ4n) is 4.23. The van der Waals surface area contributed by atoms with Crippen LogP contribution in [-0.2, 0) is 4.74 Å². The molecule has 3 aromatic rings. The third-order valence-corrected chi connectivity index (χ3v) is 7.48. The fourth-order valence-corrected chi connectivity index (χ4v) is 4.92. The number of aromatic nitrogens is 2. The van der Waals surface area contributed by atoms with Crippen molar-refractivity contribution in [2.24, 2.45) is 11.8 Å². The Labute approximate surface area is 202 Å². The maximum atomic E-state index is 13.2. The predicted molar refractivity (Wildman–Crippen MR) is 125 cm³/mol. The first kappa shape index (κ1) is 25.9. The van der Waals surface area contributed by atoms with E-state index in [9.17, 15) is 34.1 Å². The second-order valence-electron chi connectivity index (χ2n) is 9.09. The van der Waals surface area contributed by atoms with Gasteiger partial charge in [0.1, 0.15) is 11.0 Å². The lowest BCUT2D eigenvalue weighted by Gasteiger charge is -2.40. The largest absolute Gasteiger partial charge is 0.458 e. The molecule has 0 saturated heterocycles. The fraction of sp³-hybridized carbons (Fsp3) is 0.348. The second kappa shape index (κ2) is 8.44. The SMILES string of the molecule is CC1CCC(CO)CC1OC(=O)c1cc2[nH]ncc2cc1NC(=O)c1cccc(S(F)(F)(F)(F)F)c1. The summed E-state index contributed by atoms with van der Waals surface area (Å²) in [6.45, 7) is 1.87. The lowest BCUT2D eigenvalue weighted by molar-refractivity contribution is -0.0107. The Morgan fingerprint density at radius 3 is 2.61 bits per heavy atom. The molecular formula is C23H24F5N3O4S. The van der Waals surface area contributed by atoms with Gasteiger partial charge >= 0.3 is 16.2 Å². The predicted octanol–water partition coefficient (Wildman–Crippen LogP) is 6.43. The van der Waals surface area contributed by atoms with E-state index < -0.39 is 38.7 Å². The standard InChI is InChI=1S/C23H24F5N3O4S/c1-13-5-6-14(12-32)7-21(13)35-23(34)18-10-19-16(11-29-31-19)9-20(18)30-22(33)15-3-2-4-17(8-15)36(24,25,26,27)28/h2-4,8-11,13-14,21,32H,5-7,12H2,1H3,(H,29,31)(H,30,33). The van der Waals surface area contributed by atoms with Crippen LogP contribution in [0.5, 0.6) is 0 Å². The van der Waals surface area contributed by atoms with Crippen LogP contribution in [0.3, 0.4) is 0 Å². The van der Waals surface area contributed by atoms with Crippen LogP contribution in [0.4, 0.5) is 25.1 Å². The quantitative estimate of drug-likeness (QED) is 0.250. The van der Waals surface area contributed by atoms with Gasteiger partial charge in [0.2, 0.25) is 0 Å². The van der Waals surface area contributed by atoms with Crippen molar-refractivity contribution in [1.82, 2.24) is 10.2 Å². The van der Waals surface area contributed by atoms with Crippen molar-refractivity contribution in [3.05, 3.63) is 53.7 Å². The molecule has 0 radical (unpaired) electrons. The van der Waals surface area contributed by atoms with Crippen LogP contribution in [0.2, 0.25) is 0 Å². The third kappa shape index (κ3) is 5.62. The molecule has 1 heterocycles. The van der Waals surface area contributed by atoms with Crippen molar-refractivity contribution in [3.8, 4) is 0 Å². The van der Waals surface area contributed by atoms with Crippen LogP contribution in [0.1, 0.15) is 46.9 Å². The molecule has 196 valence electrons. The third-order valence-electron chi connectivity index (χ3n) is 6.34. The Kier molecular flexibility index (Phi) is 6.07. The van der Waals surface area contributed by atoms with Crippen LogP contribution in [0.15, 0.2) is 47.5 Å². The summed E-state index contributed by atoms with van der Waals surface area (Å²) in [5.74, 6) is -1.91. The average molecular weight is 534 g/mol. The molecule has 2 aromatic carbocycles. The van der Waals surface area contributed by atoms with Crippen LogP contribution in [0, 0.1) is 11.8 Å². The molecule has 0 bridgehead atoms. The van der Waals surface area contributed by atoms with Gasteiger partial charge in [0.15, 0.2) is 0 Å². The van der Waals surface area contributed by atoms with E-state index in [1.165, 1.54) is 18.3 Å². The molecule has 36 heavy (non-hydrogen) atoms. The maximum absolute atomic E-state index is 13.2. The molecule has 1 aliphatic rings. The van der Waals surface area contributed by atoms with Crippen LogP contribution >= 0.6 is 10.2 Å². The number of carbonyl (C=O) groups excluding carboxylic acids is 2. The number of ether oxygens (including phenoxy) is 1. The minimum atomic E-state index is -10.0. The minimum Gasteiger partial charge on any atom is -0.458 e. The average Bonchev–Trinajstić information content (AvgIpc) is 3.26. The number of anilines is 1. The number of nitrogens with zero attached hydrogens (tertiary/aromatic N) is 1. The summed E-state index contributed by atoms with van der Waals surface area (Å²) in [4.78, 5) is 23.7. The van der Waals surface area contributed by atoms with Gasteiger partial charge in [-0.3, -0.25) is 9.89 Å². The van der Waals surface area contributed by atoms with Gasteiger partial charge in [0.05, 0.1) is 23.0 Å². The van der Waals surface area contributed by atoms with Crippen LogP contribution < -0.4 is 5.32 Å². The topological polar surface area (TPSA) is 104 Å². The van der Waals surface area contributed by atoms with Crippen molar-refractivity contribution in [2.75, 3.05) is 11.9 Å². The van der Waals surface area contributed by atoms with E-state index in [-0.39, 0.29) is 41.8 Å². The molecule has 0 spiro atoms. The molecule has 3 atom stereocenters. The molecule has 0 aliphatic heterocycles. The van der Waals surface area contributed by atoms with Gasteiger partial charge in [-0.15, -0.1) is 0 Å². The number of aromatic amines is 1. The van der Waals surface area contributed by atoms with Gasteiger partial charge in [-0.05, 0) is 61.4 Å². The number of benzene rings is 2. The number of esters is 1. The number of nitrogens with one attached hydrogen (secondary N) is 2. The summed E-state index contributed by atoms with van der Waals surface area (Å²) in [6.07, 6.45) is 2.92. The van der Waals surface area contributed by atoms with Gasteiger partial charge in [0, 0.05) is 17.6 Å². The van der Waals surface area contributed by atoms with E-state index in [0.717, 1.165) is 18.9 Å². The molecule has 1 amide bonds. The van der Waals surface area contributed by atoms with Crippen LogP contribution in [0.25, 0.3) is 10.9 Å². The van der Waals surface area contributed by atoms with Crippen molar-refractivity contribution < 1.29 is 38.9 Å². The Balaban J connectivity index is 1.64. The summed E-state index contributed by atoms with van der Waals surface area (Å²) in [6, 6.07) is 4.69. The van der Waals surface area contributed by atoms with Crippen molar-refractivity contribution in [3.63, 3.8) is 0 Å². The molecule has 1 aliphatic carbocycles. The molecule has 1 saturated carbocycles.